The van der Waals surface area contributed by atoms with Crippen LogP contribution in [0.4, 0.5) is 0 Å². The molecule has 0 aromatic heterocycles. The van der Waals surface area contributed by atoms with Gasteiger partial charge >= 0.3 is 5.97 Å². The van der Waals surface area contributed by atoms with Crippen LogP contribution in [0.3, 0.4) is 0 Å². The molecule has 0 radical (unpaired) electrons. The molecule has 132 valence electrons. The highest BCUT2D eigenvalue weighted by Gasteiger charge is 2.59. The number of carboxylic acids is 1. The number of carbonyl (C=O) groups is 2. The summed E-state index contributed by atoms with van der Waals surface area (Å²) in [5.41, 5.74) is 1.09. The first-order chi connectivity index (χ1) is 11.3. The number of rotatable bonds is 3. The lowest BCUT2D eigenvalue weighted by atomic mass is 9.54. The van der Waals surface area contributed by atoms with Crippen LogP contribution in [0.5, 0.6) is 0 Å². The van der Waals surface area contributed by atoms with Crippen molar-refractivity contribution in [2.24, 2.45) is 28.6 Å². The molecule has 0 spiro atoms. The highest BCUT2D eigenvalue weighted by molar-refractivity contribution is 5.81. The Kier molecular flexibility index (Phi) is 4.23. The van der Waals surface area contributed by atoms with E-state index in [0.29, 0.717) is 31.6 Å². The minimum Gasteiger partial charge on any atom is -0.481 e. The fourth-order valence-electron chi connectivity index (χ4n) is 5.23. The highest BCUT2D eigenvalue weighted by atomic mass is 16.4. The van der Waals surface area contributed by atoms with Gasteiger partial charge in [-0.25, -0.2) is 0 Å². The Morgan fingerprint density at radius 1 is 1.29 bits per heavy atom. The second-order valence-electron chi connectivity index (χ2n) is 8.40. The van der Waals surface area contributed by atoms with E-state index >= 15 is 0 Å². The van der Waals surface area contributed by atoms with Gasteiger partial charge in [0.25, 0.3) is 0 Å². The highest BCUT2D eigenvalue weighted by Crippen LogP contribution is 2.62. The van der Waals surface area contributed by atoms with E-state index in [-0.39, 0.29) is 11.8 Å². The van der Waals surface area contributed by atoms with E-state index in [1.807, 2.05) is 12.2 Å². The zero-order valence-corrected chi connectivity index (χ0v) is 14.8. The number of hydrogen-bond donors (Lipinski definition) is 2. The summed E-state index contributed by atoms with van der Waals surface area (Å²) in [6.07, 6.45) is 7.37. The Morgan fingerprint density at radius 3 is 2.58 bits per heavy atom. The van der Waals surface area contributed by atoms with Crippen LogP contribution in [0.2, 0.25) is 0 Å². The summed E-state index contributed by atoms with van der Waals surface area (Å²) < 4.78 is 0. The van der Waals surface area contributed by atoms with Crippen LogP contribution in [-0.4, -0.2) is 28.6 Å². The van der Waals surface area contributed by atoms with Gasteiger partial charge in [0.05, 0.1) is 11.5 Å². The van der Waals surface area contributed by atoms with Crippen LogP contribution >= 0.6 is 0 Å². The van der Waals surface area contributed by atoms with Gasteiger partial charge in [-0.1, -0.05) is 38.5 Å². The number of carbonyl (C=O) groups excluding carboxylic acids is 1. The molecule has 0 saturated heterocycles. The predicted molar refractivity (Wildman–Crippen MR) is 91.3 cm³/mol. The molecule has 3 aliphatic rings. The Morgan fingerprint density at radius 2 is 2.00 bits per heavy atom. The average molecular weight is 332 g/mol. The lowest BCUT2D eigenvalue weighted by Gasteiger charge is -2.50. The lowest BCUT2D eigenvalue weighted by Crippen LogP contribution is -2.49. The molecule has 1 saturated carbocycles. The first kappa shape index (κ1) is 17.4. The molecular weight excluding hydrogens is 304 g/mol. The summed E-state index contributed by atoms with van der Waals surface area (Å²) in [6.45, 7) is 6.31. The quantitative estimate of drug-likeness (QED) is 0.614. The third kappa shape index (κ3) is 2.30. The van der Waals surface area contributed by atoms with Crippen molar-refractivity contribution in [3.8, 4) is 0 Å². The summed E-state index contributed by atoms with van der Waals surface area (Å²) in [7, 11) is 0. The lowest BCUT2D eigenvalue weighted by molar-refractivity contribution is -0.150. The Labute approximate surface area is 143 Å². The molecule has 1 fully saturated rings. The largest absolute Gasteiger partial charge is 0.481 e. The molecule has 4 nitrogen and oxygen atoms in total. The van der Waals surface area contributed by atoms with Crippen molar-refractivity contribution in [1.82, 2.24) is 0 Å². The van der Waals surface area contributed by atoms with Crippen molar-refractivity contribution in [1.29, 1.82) is 0 Å². The maximum absolute atomic E-state index is 12.2. The molecular formula is C20H28O4. The third-order valence-electron chi connectivity index (χ3n) is 6.88. The van der Waals surface area contributed by atoms with Crippen LogP contribution in [0.15, 0.2) is 23.3 Å². The van der Waals surface area contributed by atoms with Crippen LogP contribution in [0.1, 0.15) is 52.9 Å². The zero-order valence-electron chi connectivity index (χ0n) is 14.8. The fraction of sp³-hybridized carbons (Fsp3) is 0.700. The van der Waals surface area contributed by atoms with Crippen molar-refractivity contribution >= 4 is 12.3 Å². The number of aliphatic hydroxyl groups excluding tert-OH is 1. The smallest absolute Gasteiger partial charge is 0.313 e. The van der Waals surface area contributed by atoms with Gasteiger partial charge in [0, 0.05) is 17.3 Å². The average Bonchev–Trinajstić information content (AvgIpc) is 2.88. The van der Waals surface area contributed by atoms with Gasteiger partial charge in [-0.2, -0.15) is 0 Å². The number of aldehydes is 1. The van der Waals surface area contributed by atoms with Gasteiger partial charge in [-0.15, -0.1) is 0 Å². The maximum atomic E-state index is 12.2. The second kappa shape index (κ2) is 5.83. The number of aliphatic carboxylic acids is 1. The molecule has 0 amide bonds. The van der Waals surface area contributed by atoms with Crippen molar-refractivity contribution in [3.05, 3.63) is 23.3 Å². The number of fused-ring (bicyclic) bond motifs is 3. The Balaban J connectivity index is 2.18. The summed E-state index contributed by atoms with van der Waals surface area (Å²) in [6, 6.07) is 0. The van der Waals surface area contributed by atoms with Gasteiger partial charge in [0.2, 0.25) is 0 Å². The number of carboxylic acid groups (broad SMARTS) is 1. The van der Waals surface area contributed by atoms with Crippen LogP contribution in [-0.2, 0) is 9.59 Å². The molecule has 2 N–H and O–H groups in total. The van der Waals surface area contributed by atoms with Crippen molar-refractivity contribution < 1.29 is 19.8 Å². The fourth-order valence-corrected chi connectivity index (χ4v) is 5.23. The van der Waals surface area contributed by atoms with Crippen LogP contribution < -0.4 is 0 Å². The second-order valence-corrected chi connectivity index (χ2v) is 8.40. The first-order valence-electron chi connectivity index (χ1n) is 9.05. The summed E-state index contributed by atoms with van der Waals surface area (Å²) in [4.78, 5) is 23.5. The predicted octanol–water partition coefficient (Wildman–Crippen LogP) is 3.36. The third-order valence-corrected chi connectivity index (χ3v) is 6.88. The molecule has 0 aliphatic heterocycles. The van der Waals surface area contributed by atoms with E-state index in [1.54, 1.807) is 0 Å². The number of aliphatic hydroxyl groups is 1. The van der Waals surface area contributed by atoms with E-state index in [4.69, 9.17) is 0 Å². The molecule has 0 aromatic rings. The van der Waals surface area contributed by atoms with Gasteiger partial charge in [-0.05, 0) is 43.6 Å². The van der Waals surface area contributed by atoms with Gasteiger partial charge in [0.1, 0.15) is 6.29 Å². The maximum Gasteiger partial charge on any atom is 0.313 e. The summed E-state index contributed by atoms with van der Waals surface area (Å²) in [5.74, 6) is -0.804. The summed E-state index contributed by atoms with van der Waals surface area (Å²) >= 11 is 0. The van der Waals surface area contributed by atoms with Crippen LogP contribution in [0, 0.1) is 28.6 Å². The molecule has 24 heavy (non-hydrogen) atoms. The Bertz CT molecular complexity index is 617. The topological polar surface area (TPSA) is 74.6 Å². The molecule has 5 atom stereocenters. The molecule has 0 bridgehead atoms. The molecule has 2 unspecified atom stereocenters. The van der Waals surface area contributed by atoms with E-state index in [9.17, 15) is 19.8 Å². The van der Waals surface area contributed by atoms with Gasteiger partial charge < -0.3 is 15.0 Å². The minimum absolute atomic E-state index is 0.0952. The van der Waals surface area contributed by atoms with E-state index in [2.05, 4.69) is 20.8 Å². The zero-order chi connectivity index (χ0) is 17.7. The van der Waals surface area contributed by atoms with Crippen LogP contribution in [0.25, 0.3) is 0 Å². The number of hydrogen-bond acceptors (Lipinski definition) is 3. The van der Waals surface area contributed by atoms with Crippen molar-refractivity contribution in [2.45, 2.75) is 59.0 Å². The van der Waals surface area contributed by atoms with Crippen molar-refractivity contribution in [3.63, 3.8) is 0 Å². The van der Waals surface area contributed by atoms with E-state index in [1.165, 1.54) is 5.57 Å². The first-order valence-corrected chi connectivity index (χ1v) is 9.05. The van der Waals surface area contributed by atoms with E-state index < -0.39 is 22.9 Å². The molecule has 3 aliphatic carbocycles. The molecule has 4 heteroatoms. The van der Waals surface area contributed by atoms with Crippen molar-refractivity contribution in [2.75, 3.05) is 0 Å². The standard InChI is InChI=1S/C20H28O4/c1-12(2)14-6-7-20(18(23)24)9-8-19(3)15(17(14)20)5-4-13(11-21)10-16(19)22/h4-5,11-13,15-16,22H,6-10H2,1-3H3,(H,23,24)/t13?,15-,16?,19-,20+/m1/s1. The Hall–Kier alpha value is -1.42. The monoisotopic (exact) mass is 332 g/mol. The SMILES string of the molecule is CC(C)C1=C2[C@H]3C=CC(C=O)CC(O)[C@]3(C)CC[C@@]2(C(=O)O)CC1. The molecule has 0 heterocycles. The number of allylic oxidation sites excluding steroid dienone is 3. The molecule has 0 aromatic carbocycles. The van der Waals surface area contributed by atoms with Gasteiger partial charge in [0.15, 0.2) is 0 Å². The minimum atomic E-state index is -0.783. The van der Waals surface area contributed by atoms with Gasteiger partial charge in [-0.3, -0.25) is 4.79 Å². The van der Waals surface area contributed by atoms with E-state index in [0.717, 1.165) is 18.3 Å². The normalized spacial score (nSPS) is 41.8. The molecule has 3 rings (SSSR count). The summed E-state index contributed by atoms with van der Waals surface area (Å²) in [5, 5.41) is 20.9.